The molecule has 2 N–H and O–H groups in total. The van der Waals surface area contributed by atoms with Crippen LogP contribution >= 0.6 is 0 Å². The topological polar surface area (TPSA) is 115 Å². The summed E-state index contributed by atoms with van der Waals surface area (Å²) < 4.78 is 11.6. The van der Waals surface area contributed by atoms with Gasteiger partial charge in [0.25, 0.3) is 5.91 Å². The largest absolute Gasteiger partial charge is 0.494 e. The van der Waals surface area contributed by atoms with Gasteiger partial charge in [0.15, 0.2) is 0 Å². The number of carbonyl (C=O) groups excluding carboxylic acids is 1. The van der Waals surface area contributed by atoms with Crippen LogP contribution in [0.15, 0.2) is 30.6 Å². The normalized spacial score (nSPS) is 18.5. The van der Waals surface area contributed by atoms with Crippen molar-refractivity contribution in [2.24, 2.45) is 11.8 Å². The molecular formula is C28H36N6O3. The van der Waals surface area contributed by atoms with Gasteiger partial charge in [-0.25, -0.2) is 15.0 Å². The molecule has 9 nitrogen and oxygen atoms in total. The van der Waals surface area contributed by atoms with Gasteiger partial charge in [-0.1, -0.05) is 38.2 Å². The Balaban J connectivity index is 1.20. The molecule has 3 heterocycles. The number of carbonyl (C=O) groups is 1. The number of hydrogen-bond acceptors (Lipinski definition) is 7. The number of aryl methyl sites for hydroxylation is 1. The summed E-state index contributed by atoms with van der Waals surface area (Å²) in [6.07, 6.45) is 11.9. The van der Waals surface area contributed by atoms with E-state index in [9.17, 15) is 4.79 Å². The van der Waals surface area contributed by atoms with Crippen LogP contribution < -0.4 is 10.1 Å². The van der Waals surface area contributed by atoms with E-state index in [1.807, 2.05) is 25.1 Å². The Hall–Kier alpha value is -3.33. The fourth-order valence-electron chi connectivity index (χ4n) is 5.24. The van der Waals surface area contributed by atoms with Crippen molar-refractivity contribution in [2.75, 3.05) is 25.1 Å². The van der Waals surface area contributed by atoms with Crippen molar-refractivity contribution in [1.29, 1.82) is 0 Å². The molecule has 1 aliphatic heterocycles. The molecule has 196 valence electrons. The van der Waals surface area contributed by atoms with Crippen molar-refractivity contribution >= 4 is 11.7 Å². The number of ether oxygens (including phenoxy) is 2. The molecule has 0 bridgehead atoms. The summed E-state index contributed by atoms with van der Waals surface area (Å²) in [5, 5.41) is 9.87. The molecule has 1 atom stereocenters. The Labute approximate surface area is 217 Å². The van der Waals surface area contributed by atoms with E-state index >= 15 is 0 Å². The number of anilines is 1. The zero-order chi connectivity index (χ0) is 25.5. The van der Waals surface area contributed by atoms with Crippen LogP contribution in [0.2, 0.25) is 0 Å². The van der Waals surface area contributed by atoms with Crippen molar-refractivity contribution in [2.45, 2.75) is 64.7 Å². The summed E-state index contributed by atoms with van der Waals surface area (Å²) in [6.45, 7) is 4.38. The van der Waals surface area contributed by atoms with Gasteiger partial charge >= 0.3 is 0 Å². The molecule has 1 amide bonds. The highest BCUT2D eigenvalue weighted by atomic mass is 16.5. The highest BCUT2D eigenvalue weighted by molar-refractivity contribution is 6.01. The van der Waals surface area contributed by atoms with Crippen LogP contribution in [-0.4, -0.2) is 50.9 Å². The van der Waals surface area contributed by atoms with Gasteiger partial charge < -0.3 is 14.8 Å². The van der Waals surface area contributed by atoms with Gasteiger partial charge in [-0.3, -0.25) is 9.89 Å². The SMILES string of the molecule is Cc1ccc(OCCC2CCCOC2)cc1-c1cc(NC(=O)c2n[nH]c(CC3CCCCC3)n2)ncn1. The maximum Gasteiger partial charge on any atom is 0.296 e. The number of hydrogen-bond donors (Lipinski definition) is 2. The Morgan fingerprint density at radius 1 is 1.11 bits per heavy atom. The molecule has 5 rings (SSSR count). The van der Waals surface area contributed by atoms with Gasteiger partial charge in [0.05, 0.1) is 12.3 Å². The molecule has 1 saturated carbocycles. The zero-order valence-corrected chi connectivity index (χ0v) is 21.5. The third-order valence-electron chi connectivity index (χ3n) is 7.38. The predicted molar refractivity (Wildman–Crippen MR) is 140 cm³/mol. The van der Waals surface area contributed by atoms with E-state index in [2.05, 4.69) is 30.5 Å². The predicted octanol–water partition coefficient (Wildman–Crippen LogP) is 5.14. The molecule has 2 aliphatic rings. The lowest BCUT2D eigenvalue weighted by molar-refractivity contribution is 0.0462. The number of amides is 1. The summed E-state index contributed by atoms with van der Waals surface area (Å²) in [6, 6.07) is 7.76. The second kappa shape index (κ2) is 12.3. The number of rotatable bonds is 9. The summed E-state index contributed by atoms with van der Waals surface area (Å²) in [7, 11) is 0. The first-order valence-electron chi connectivity index (χ1n) is 13.5. The molecule has 1 unspecified atom stereocenters. The molecule has 9 heteroatoms. The van der Waals surface area contributed by atoms with E-state index in [0.717, 1.165) is 55.2 Å². The minimum Gasteiger partial charge on any atom is -0.494 e. The monoisotopic (exact) mass is 504 g/mol. The molecule has 2 aromatic heterocycles. The third kappa shape index (κ3) is 6.91. The number of nitrogens with zero attached hydrogens (tertiary/aromatic N) is 4. The van der Waals surface area contributed by atoms with Crippen molar-refractivity contribution in [3.8, 4) is 17.0 Å². The fraction of sp³-hybridized carbons (Fsp3) is 0.536. The van der Waals surface area contributed by atoms with Crippen LogP contribution in [0, 0.1) is 18.8 Å². The average molecular weight is 505 g/mol. The highest BCUT2D eigenvalue weighted by Gasteiger charge is 2.19. The van der Waals surface area contributed by atoms with E-state index in [1.165, 1.54) is 44.9 Å². The van der Waals surface area contributed by atoms with Crippen molar-refractivity contribution < 1.29 is 14.3 Å². The Bertz CT molecular complexity index is 1180. The molecule has 1 saturated heterocycles. The van der Waals surface area contributed by atoms with Gasteiger partial charge in [0, 0.05) is 31.3 Å². The van der Waals surface area contributed by atoms with Crippen molar-refractivity contribution in [1.82, 2.24) is 25.1 Å². The second-order valence-electron chi connectivity index (χ2n) is 10.3. The maximum atomic E-state index is 12.8. The van der Waals surface area contributed by atoms with Gasteiger partial charge in [-0.2, -0.15) is 0 Å². The lowest BCUT2D eigenvalue weighted by Gasteiger charge is -2.22. The first-order chi connectivity index (χ1) is 18.1. The number of H-pyrrole nitrogens is 1. The molecule has 0 radical (unpaired) electrons. The highest BCUT2D eigenvalue weighted by Crippen LogP contribution is 2.28. The zero-order valence-electron chi connectivity index (χ0n) is 21.5. The summed E-state index contributed by atoms with van der Waals surface area (Å²) in [5.74, 6) is 2.89. The minimum atomic E-state index is -0.392. The number of nitrogens with one attached hydrogen (secondary N) is 2. The van der Waals surface area contributed by atoms with Crippen LogP contribution in [0.5, 0.6) is 5.75 Å². The maximum absolute atomic E-state index is 12.8. The van der Waals surface area contributed by atoms with Crippen LogP contribution in [0.25, 0.3) is 11.3 Å². The van der Waals surface area contributed by atoms with Crippen LogP contribution in [0.3, 0.4) is 0 Å². The molecule has 1 aliphatic carbocycles. The fourth-order valence-corrected chi connectivity index (χ4v) is 5.24. The van der Waals surface area contributed by atoms with E-state index < -0.39 is 5.91 Å². The lowest BCUT2D eigenvalue weighted by Crippen LogP contribution is -2.19. The van der Waals surface area contributed by atoms with Gasteiger partial charge in [0.2, 0.25) is 5.82 Å². The lowest BCUT2D eigenvalue weighted by atomic mass is 9.87. The van der Waals surface area contributed by atoms with E-state index in [4.69, 9.17) is 9.47 Å². The van der Waals surface area contributed by atoms with Gasteiger partial charge in [0.1, 0.15) is 23.7 Å². The van der Waals surface area contributed by atoms with E-state index in [-0.39, 0.29) is 5.82 Å². The molecule has 1 aromatic carbocycles. The summed E-state index contributed by atoms with van der Waals surface area (Å²) in [5.41, 5.74) is 2.70. The quantitative estimate of drug-likeness (QED) is 0.414. The first kappa shape index (κ1) is 25.3. The summed E-state index contributed by atoms with van der Waals surface area (Å²) in [4.78, 5) is 25.9. The van der Waals surface area contributed by atoms with Gasteiger partial charge in [-0.05, 0) is 55.7 Å². The molecular weight excluding hydrogens is 468 g/mol. The number of aromatic amines is 1. The van der Waals surface area contributed by atoms with Crippen LogP contribution in [0.1, 0.15) is 73.4 Å². The molecule has 0 spiro atoms. The Kier molecular flexibility index (Phi) is 8.40. The van der Waals surface area contributed by atoms with Crippen molar-refractivity contribution in [3.05, 3.63) is 47.8 Å². The molecule has 3 aromatic rings. The molecule has 2 fully saturated rings. The Morgan fingerprint density at radius 3 is 2.81 bits per heavy atom. The Morgan fingerprint density at radius 2 is 1.97 bits per heavy atom. The van der Waals surface area contributed by atoms with Crippen LogP contribution in [-0.2, 0) is 11.2 Å². The first-order valence-corrected chi connectivity index (χ1v) is 13.5. The van der Waals surface area contributed by atoms with E-state index in [0.29, 0.717) is 30.0 Å². The standard InChI is InChI=1S/C28H36N6O3/c1-19-9-10-22(37-13-11-21-8-5-12-36-17-21)15-23(19)24-16-25(30-18-29-24)32-28(35)27-31-26(33-34-27)14-20-6-3-2-4-7-20/h9-10,15-16,18,20-21H,2-8,11-14,17H2,1H3,(H,31,33,34)(H,29,30,32,35). The van der Waals surface area contributed by atoms with Crippen LogP contribution in [0.4, 0.5) is 5.82 Å². The van der Waals surface area contributed by atoms with Gasteiger partial charge in [-0.15, -0.1) is 5.10 Å². The molecule has 37 heavy (non-hydrogen) atoms. The summed E-state index contributed by atoms with van der Waals surface area (Å²) >= 11 is 0. The smallest absolute Gasteiger partial charge is 0.296 e. The van der Waals surface area contributed by atoms with Crippen molar-refractivity contribution in [3.63, 3.8) is 0 Å². The average Bonchev–Trinajstić information content (AvgIpc) is 3.40. The third-order valence-corrected chi connectivity index (χ3v) is 7.38. The van der Waals surface area contributed by atoms with E-state index in [1.54, 1.807) is 6.07 Å². The number of aromatic nitrogens is 5. The number of benzene rings is 1. The second-order valence-corrected chi connectivity index (χ2v) is 10.3. The minimum absolute atomic E-state index is 0.126.